The monoisotopic (exact) mass is 333 g/mol. The van der Waals surface area contributed by atoms with Gasteiger partial charge in [-0.15, -0.1) is 0 Å². The molecular formula is C17H23N3O4. The van der Waals surface area contributed by atoms with Gasteiger partial charge >= 0.3 is 0 Å². The molecule has 7 nitrogen and oxygen atoms in total. The molecule has 1 N–H and O–H groups in total. The van der Waals surface area contributed by atoms with Gasteiger partial charge in [-0.05, 0) is 31.7 Å². The van der Waals surface area contributed by atoms with Gasteiger partial charge in [0.15, 0.2) is 0 Å². The van der Waals surface area contributed by atoms with Crippen LogP contribution in [0.3, 0.4) is 0 Å². The van der Waals surface area contributed by atoms with Gasteiger partial charge in [0.1, 0.15) is 11.2 Å². The highest BCUT2D eigenvalue weighted by Crippen LogP contribution is 2.38. The van der Waals surface area contributed by atoms with E-state index in [-0.39, 0.29) is 23.1 Å². The topological polar surface area (TPSA) is 82.7 Å². The van der Waals surface area contributed by atoms with Crippen LogP contribution in [-0.2, 0) is 9.53 Å². The largest absolute Gasteiger partial charge is 0.383 e. The van der Waals surface area contributed by atoms with Gasteiger partial charge in [0.25, 0.3) is 5.91 Å². The van der Waals surface area contributed by atoms with Gasteiger partial charge < -0.3 is 19.5 Å². The first-order valence-corrected chi connectivity index (χ1v) is 8.38. The number of methoxy groups -OCH3 is 1. The lowest BCUT2D eigenvalue weighted by Crippen LogP contribution is -2.61. The number of nitrogens with one attached hydrogen (secondary N) is 1. The number of nitrogens with zero attached hydrogens (tertiary/aromatic N) is 2. The minimum Gasteiger partial charge on any atom is -0.383 e. The lowest BCUT2D eigenvalue weighted by Gasteiger charge is -2.44. The third-order valence-electron chi connectivity index (χ3n) is 5.00. The molecule has 1 unspecified atom stereocenters. The average molecular weight is 333 g/mol. The SMILES string of the molecule is COCCN1CCCC2(CCCN2C(=O)c2cccc(=O)[nH]2)C1=O. The summed E-state index contributed by atoms with van der Waals surface area (Å²) in [6, 6.07) is 4.52. The average Bonchev–Trinajstić information content (AvgIpc) is 3.00. The Morgan fingerprint density at radius 2 is 2.00 bits per heavy atom. The summed E-state index contributed by atoms with van der Waals surface area (Å²) in [7, 11) is 1.61. The summed E-state index contributed by atoms with van der Waals surface area (Å²) in [5.41, 5.74) is -0.841. The first-order chi connectivity index (χ1) is 11.6. The summed E-state index contributed by atoms with van der Waals surface area (Å²) in [6.45, 7) is 2.27. The summed E-state index contributed by atoms with van der Waals surface area (Å²) in [6.07, 6.45) is 3.02. The second kappa shape index (κ2) is 6.76. The van der Waals surface area contributed by atoms with Crippen molar-refractivity contribution < 1.29 is 14.3 Å². The highest BCUT2D eigenvalue weighted by Gasteiger charge is 2.52. The van der Waals surface area contributed by atoms with Crippen molar-refractivity contribution in [2.45, 2.75) is 31.2 Å². The Balaban J connectivity index is 1.87. The molecule has 2 saturated heterocycles. The van der Waals surface area contributed by atoms with Crippen LogP contribution >= 0.6 is 0 Å². The molecule has 0 bridgehead atoms. The molecule has 1 aromatic heterocycles. The second-order valence-electron chi connectivity index (χ2n) is 6.41. The fourth-order valence-electron chi connectivity index (χ4n) is 3.85. The zero-order valence-electron chi connectivity index (χ0n) is 13.9. The number of aromatic amines is 1. The zero-order valence-corrected chi connectivity index (χ0v) is 13.9. The molecule has 0 saturated carbocycles. The van der Waals surface area contributed by atoms with Gasteiger partial charge in [0.05, 0.1) is 6.61 Å². The molecule has 0 aromatic carbocycles. The van der Waals surface area contributed by atoms with Crippen LogP contribution in [0.25, 0.3) is 0 Å². The Labute approximate surface area is 140 Å². The van der Waals surface area contributed by atoms with Crippen LogP contribution in [0.2, 0.25) is 0 Å². The van der Waals surface area contributed by atoms with Crippen LogP contribution in [0.1, 0.15) is 36.2 Å². The van der Waals surface area contributed by atoms with E-state index in [1.165, 1.54) is 6.07 Å². The number of carbonyl (C=O) groups is 2. The summed E-state index contributed by atoms with van der Waals surface area (Å²) < 4.78 is 5.09. The van der Waals surface area contributed by atoms with Crippen LogP contribution in [-0.4, -0.2) is 65.5 Å². The molecule has 7 heteroatoms. The van der Waals surface area contributed by atoms with Crippen LogP contribution in [0.5, 0.6) is 0 Å². The molecule has 3 heterocycles. The number of carbonyl (C=O) groups excluding carboxylic acids is 2. The Hall–Kier alpha value is -2.15. The maximum Gasteiger partial charge on any atom is 0.271 e. The van der Waals surface area contributed by atoms with Gasteiger partial charge in [-0.25, -0.2) is 0 Å². The first kappa shape index (κ1) is 16.7. The predicted molar refractivity (Wildman–Crippen MR) is 87.8 cm³/mol. The number of hydrogen-bond acceptors (Lipinski definition) is 4. The maximum absolute atomic E-state index is 13.1. The minimum atomic E-state index is -0.768. The standard InChI is InChI=1S/C17H23N3O4/c1-24-12-11-19-9-3-7-17(16(19)23)8-4-10-20(17)15(22)13-5-2-6-14(21)18-13/h2,5-6H,3-4,7-12H2,1H3,(H,18,21). The van der Waals surface area contributed by atoms with Crippen LogP contribution in [0, 0.1) is 0 Å². The van der Waals surface area contributed by atoms with Crippen molar-refractivity contribution in [3.8, 4) is 0 Å². The second-order valence-corrected chi connectivity index (χ2v) is 6.41. The van der Waals surface area contributed by atoms with Gasteiger partial charge in [-0.2, -0.15) is 0 Å². The molecular weight excluding hydrogens is 310 g/mol. The predicted octanol–water partition coefficient (Wildman–Crippen LogP) is 0.619. The molecule has 1 atom stereocenters. The van der Waals surface area contributed by atoms with Crippen LogP contribution < -0.4 is 5.56 Å². The Bertz CT molecular complexity index is 686. The number of likely N-dealkylation sites (tertiary alicyclic amines) is 2. The summed E-state index contributed by atoms with van der Waals surface area (Å²) in [5, 5.41) is 0. The molecule has 2 amide bonds. The molecule has 2 aliphatic heterocycles. The molecule has 130 valence electrons. The molecule has 0 radical (unpaired) electrons. The third kappa shape index (κ3) is 2.84. The molecule has 1 spiro atoms. The van der Waals surface area contributed by atoms with Crippen molar-refractivity contribution in [2.75, 3.05) is 33.4 Å². The van der Waals surface area contributed by atoms with E-state index >= 15 is 0 Å². The van der Waals surface area contributed by atoms with E-state index in [2.05, 4.69) is 4.98 Å². The lowest BCUT2D eigenvalue weighted by atomic mass is 9.85. The maximum atomic E-state index is 13.1. The number of H-pyrrole nitrogens is 1. The van der Waals surface area contributed by atoms with E-state index in [0.29, 0.717) is 39.1 Å². The van der Waals surface area contributed by atoms with Gasteiger partial charge in [0, 0.05) is 32.8 Å². The van der Waals surface area contributed by atoms with Gasteiger partial charge in [-0.1, -0.05) is 6.07 Å². The summed E-state index contributed by atoms with van der Waals surface area (Å²) in [5.74, 6) is -0.262. The van der Waals surface area contributed by atoms with Crippen molar-refractivity contribution in [3.05, 3.63) is 34.2 Å². The molecule has 2 aliphatic rings. The first-order valence-electron chi connectivity index (χ1n) is 8.38. The quantitative estimate of drug-likeness (QED) is 0.875. The number of amides is 2. The third-order valence-corrected chi connectivity index (χ3v) is 5.00. The van der Waals surface area contributed by atoms with Crippen molar-refractivity contribution in [2.24, 2.45) is 0 Å². The van der Waals surface area contributed by atoms with E-state index < -0.39 is 5.54 Å². The fourth-order valence-corrected chi connectivity index (χ4v) is 3.85. The zero-order chi connectivity index (χ0) is 17.2. The molecule has 0 aliphatic carbocycles. The summed E-state index contributed by atoms with van der Waals surface area (Å²) in [4.78, 5) is 43.5. The molecule has 2 fully saturated rings. The highest BCUT2D eigenvalue weighted by molar-refractivity contribution is 5.98. The van der Waals surface area contributed by atoms with E-state index in [9.17, 15) is 14.4 Å². The summed E-state index contributed by atoms with van der Waals surface area (Å²) >= 11 is 0. The van der Waals surface area contributed by atoms with Crippen molar-refractivity contribution >= 4 is 11.8 Å². The van der Waals surface area contributed by atoms with Gasteiger partial charge in [-0.3, -0.25) is 14.4 Å². The molecule has 1 aromatic rings. The minimum absolute atomic E-state index is 0.00919. The smallest absolute Gasteiger partial charge is 0.271 e. The Kier molecular flexibility index (Phi) is 4.71. The Morgan fingerprint density at radius 3 is 2.71 bits per heavy atom. The normalized spacial score (nSPS) is 24.0. The number of hydrogen-bond donors (Lipinski definition) is 1. The number of rotatable bonds is 4. The van der Waals surface area contributed by atoms with Crippen LogP contribution in [0.15, 0.2) is 23.0 Å². The van der Waals surface area contributed by atoms with Crippen molar-refractivity contribution in [1.82, 2.24) is 14.8 Å². The number of aromatic nitrogens is 1. The van der Waals surface area contributed by atoms with E-state index in [1.54, 1.807) is 29.0 Å². The number of pyridine rings is 1. The van der Waals surface area contributed by atoms with E-state index in [4.69, 9.17) is 4.74 Å². The number of piperidine rings is 1. The van der Waals surface area contributed by atoms with Crippen LogP contribution in [0.4, 0.5) is 0 Å². The molecule has 24 heavy (non-hydrogen) atoms. The highest BCUT2D eigenvalue weighted by atomic mass is 16.5. The van der Waals surface area contributed by atoms with Crippen molar-refractivity contribution in [1.29, 1.82) is 0 Å². The number of ether oxygens (including phenoxy) is 1. The van der Waals surface area contributed by atoms with E-state index in [1.807, 2.05) is 0 Å². The lowest BCUT2D eigenvalue weighted by molar-refractivity contribution is -0.146. The van der Waals surface area contributed by atoms with E-state index in [0.717, 1.165) is 12.8 Å². The van der Waals surface area contributed by atoms with Crippen molar-refractivity contribution in [3.63, 3.8) is 0 Å². The van der Waals surface area contributed by atoms with Gasteiger partial charge in [0.2, 0.25) is 11.5 Å². The molecule has 3 rings (SSSR count). The fraction of sp³-hybridized carbons (Fsp3) is 0.588. The Morgan fingerprint density at radius 1 is 1.25 bits per heavy atom.